The van der Waals surface area contributed by atoms with Crippen molar-refractivity contribution >= 4 is 11.7 Å². The molecule has 1 unspecified atom stereocenters. The van der Waals surface area contributed by atoms with Crippen LogP contribution < -0.4 is 10.6 Å². The number of anilines is 1. The molecule has 1 aromatic rings. The molecule has 0 aliphatic carbocycles. The summed E-state index contributed by atoms with van der Waals surface area (Å²) in [7, 11) is 0. The fourth-order valence-electron chi connectivity index (χ4n) is 1.95. The lowest BCUT2D eigenvalue weighted by Crippen LogP contribution is -2.23. The quantitative estimate of drug-likeness (QED) is 0.808. The third-order valence-corrected chi connectivity index (χ3v) is 2.81. The van der Waals surface area contributed by atoms with Gasteiger partial charge in [0.25, 0.3) is 0 Å². The van der Waals surface area contributed by atoms with Gasteiger partial charge >= 0.3 is 0 Å². The largest absolute Gasteiger partial charge is 0.314 e. The third kappa shape index (κ3) is 3.31. The van der Waals surface area contributed by atoms with E-state index in [1.165, 1.54) is 12.8 Å². The van der Waals surface area contributed by atoms with E-state index < -0.39 is 0 Å². The maximum atomic E-state index is 11.6. The van der Waals surface area contributed by atoms with Gasteiger partial charge in [0.05, 0.1) is 0 Å². The number of carbonyl (C=O) groups is 1. The molecule has 1 saturated heterocycles. The van der Waals surface area contributed by atoms with Crippen molar-refractivity contribution in [3.8, 4) is 0 Å². The van der Waals surface area contributed by atoms with Gasteiger partial charge in [0.15, 0.2) is 0 Å². The highest BCUT2D eigenvalue weighted by Crippen LogP contribution is 2.11. The molecule has 0 spiro atoms. The zero-order valence-electron chi connectivity index (χ0n) is 9.28. The van der Waals surface area contributed by atoms with E-state index in [2.05, 4.69) is 15.6 Å². The first-order valence-corrected chi connectivity index (χ1v) is 5.79. The third-order valence-electron chi connectivity index (χ3n) is 2.81. The highest BCUT2D eigenvalue weighted by atomic mass is 16.1. The molecule has 1 aliphatic heterocycles. The van der Waals surface area contributed by atoms with Gasteiger partial charge in [0, 0.05) is 18.7 Å². The van der Waals surface area contributed by atoms with Crippen molar-refractivity contribution in [3.63, 3.8) is 0 Å². The van der Waals surface area contributed by atoms with Gasteiger partial charge in [-0.1, -0.05) is 6.07 Å². The summed E-state index contributed by atoms with van der Waals surface area (Å²) in [6.45, 7) is 1.09. The fraction of sp³-hybridized carbons (Fsp3) is 0.500. The van der Waals surface area contributed by atoms with Crippen LogP contribution in [0.4, 0.5) is 5.82 Å². The van der Waals surface area contributed by atoms with Crippen molar-refractivity contribution in [2.24, 2.45) is 0 Å². The van der Waals surface area contributed by atoms with Crippen molar-refractivity contribution in [2.45, 2.75) is 31.7 Å². The molecule has 1 aliphatic rings. The topological polar surface area (TPSA) is 54.0 Å². The van der Waals surface area contributed by atoms with Crippen molar-refractivity contribution in [1.82, 2.24) is 10.3 Å². The second-order valence-corrected chi connectivity index (χ2v) is 4.10. The Hall–Kier alpha value is -1.42. The van der Waals surface area contributed by atoms with Crippen LogP contribution in [0.2, 0.25) is 0 Å². The van der Waals surface area contributed by atoms with Gasteiger partial charge in [0.1, 0.15) is 5.82 Å². The maximum Gasteiger partial charge on any atom is 0.225 e. The first kappa shape index (κ1) is 11.1. The van der Waals surface area contributed by atoms with E-state index in [1.54, 1.807) is 12.3 Å². The zero-order valence-corrected chi connectivity index (χ0v) is 9.28. The molecule has 2 N–H and O–H groups in total. The minimum Gasteiger partial charge on any atom is -0.314 e. The average molecular weight is 219 g/mol. The van der Waals surface area contributed by atoms with E-state index in [4.69, 9.17) is 0 Å². The van der Waals surface area contributed by atoms with Gasteiger partial charge in [-0.25, -0.2) is 4.98 Å². The molecular formula is C12H17N3O. The first-order valence-electron chi connectivity index (χ1n) is 5.79. The second kappa shape index (κ2) is 5.61. The number of nitrogens with one attached hydrogen (secondary N) is 2. The Bertz CT molecular complexity index is 333. The molecule has 16 heavy (non-hydrogen) atoms. The molecule has 1 fully saturated rings. The van der Waals surface area contributed by atoms with Crippen LogP contribution in [0, 0.1) is 0 Å². The molecule has 2 heterocycles. The predicted octanol–water partition coefficient (Wildman–Crippen LogP) is 1.55. The fourth-order valence-corrected chi connectivity index (χ4v) is 1.95. The maximum absolute atomic E-state index is 11.6. The molecule has 0 radical (unpaired) electrons. The minimum absolute atomic E-state index is 0.0485. The summed E-state index contributed by atoms with van der Waals surface area (Å²) in [5.74, 6) is 0.680. The number of aromatic nitrogens is 1. The average Bonchev–Trinajstić information content (AvgIpc) is 2.81. The normalized spacial score (nSPS) is 19.6. The van der Waals surface area contributed by atoms with Gasteiger partial charge in [-0.3, -0.25) is 4.79 Å². The minimum atomic E-state index is 0.0485. The van der Waals surface area contributed by atoms with Crippen LogP contribution in [0.5, 0.6) is 0 Å². The molecule has 0 bridgehead atoms. The van der Waals surface area contributed by atoms with E-state index in [1.807, 2.05) is 12.1 Å². The molecule has 4 nitrogen and oxygen atoms in total. The van der Waals surface area contributed by atoms with Gasteiger partial charge in [0.2, 0.25) is 5.91 Å². The molecular weight excluding hydrogens is 202 g/mol. The van der Waals surface area contributed by atoms with E-state index in [9.17, 15) is 4.79 Å². The number of hydrogen-bond acceptors (Lipinski definition) is 3. The summed E-state index contributed by atoms with van der Waals surface area (Å²) >= 11 is 0. The molecule has 1 amide bonds. The Morgan fingerprint density at radius 1 is 1.56 bits per heavy atom. The van der Waals surface area contributed by atoms with E-state index >= 15 is 0 Å². The predicted molar refractivity (Wildman–Crippen MR) is 63.1 cm³/mol. The van der Waals surface area contributed by atoms with Gasteiger partial charge in [-0.15, -0.1) is 0 Å². The Morgan fingerprint density at radius 2 is 2.50 bits per heavy atom. The molecule has 0 saturated carbocycles. The Morgan fingerprint density at radius 3 is 3.19 bits per heavy atom. The summed E-state index contributed by atoms with van der Waals surface area (Å²) in [5, 5.41) is 6.17. The van der Waals surface area contributed by atoms with Crippen LogP contribution in [0.25, 0.3) is 0 Å². The monoisotopic (exact) mass is 219 g/mol. The van der Waals surface area contributed by atoms with Crippen molar-refractivity contribution < 1.29 is 4.79 Å². The highest BCUT2D eigenvalue weighted by Gasteiger charge is 2.15. The van der Waals surface area contributed by atoms with E-state index in [0.29, 0.717) is 18.3 Å². The second-order valence-electron chi connectivity index (χ2n) is 4.10. The lowest BCUT2D eigenvalue weighted by atomic mass is 10.1. The van der Waals surface area contributed by atoms with Crippen LogP contribution in [-0.2, 0) is 4.79 Å². The standard InChI is InChI=1S/C12H17N3O/c16-12(7-6-10-4-3-9-13-10)15-11-5-1-2-8-14-11/h1-2,5,8,10,13H,3-4,6-7,9H2,(H,14,15,16). The zero-order chi connectivity index (χ0) is 11.2. The summed E-state index contributed by atoms with van der Waals surface area (Å²) in [4.78, 5) is 15.6. The number of rotatable bonds is 4. The molecule has 86 valence electrons. The Balaban J connectivity index is 1.72. The molecule has 2 rings (SSSR count). The van der Waals surface area contributed by atoms with Crippen molar-refractivity contribution in [2.75, 3.05) is 11.9 Å². The SMILES string of the molecule is O=C(CCC1CCCN1)Nc1ccccn1. The van der Waals surface area contributed by atoms with Crippen LogP contribution in [0.3, 0.4) is 0 Å². The van der Waals surface area contributed by atoms with Crippen molar-refractivity contribution in [3.05, 3.63) is 24.4 Å². The van der Waals surface area contributed by atoms with Gasteiger partial charge < -0.3 is 10.6 Å². The number of pyridine rings is 1. The van der Waals surface area contributed by atoms with Crippen LogP contribution >= 0.6 is 0 Å². The summed E-state index contributed by atoms with van der Waals surface area (Å²) in [5.41, 5.74) is 0. The van der Waals surface area contributed by atoms with Crippen LogP contribution in [0.15, 0.2) is 24.4 Å². The number of carbonyl (C=O) groups excluding carboxylic acids is 1. The summed E-state index contributed by atoms with van der Waals surface area (Å²) in [6, 6.07) is 6.01. The molecule has 4 heteroatoms. The summed E-state index contributed by atoms with van der Waals surface area (Å²) < 4.78 is 0. The Labute approximate surface area is 95.5 Å². The molecule has 1 aromatic heterocycles. The highest BCUT2D eigenvalue weighted by molar-refractivity contribution is 5.89. The van der Waals surface area contributed by atoms with Crippen LogP contribution in [0.1, 0.15) is 25.7 Å². The lowest BCUT2D eigenvalue weighted by molar-refractivity contribution is -0.116. The lowest BCUT2D eigenvalue weighted by Gasteiger charge is -2.09. The smallest absolute Gasteiger partial charge is 0.225 e. The molecule has 1 atom stereocenters. The summed E-state index contributed by atoms with van der Waals surface area (Å²) in [6.07, 6.45) is 5.57. The number of amides is 1. The Kier molecular flexibility index (Phi) is 3.88. The van der Waals surface area contributed by atoms with Gasteiger partial charge in [-0.2, -0.15) is 0 Å². The van der Waals surface area contributed by atoms with E-state index in [-0.39, 0.29) is 5.91 Å². The van der Waals surface area contributed by atoms with Crippen LogP contribution in [-0.4, -0.2) is 23.5 Å². The number of hydrogen-bond donors (Lipinski definition) is 2. The first-order chi connectivity index (χ1) is 7.84. The van der Waals surface area contributed by atoms with Crippen molar-refractivity contribution in [1.29, 1.82) is 0 Å². The van der Waals surface area contributed by atoms with Gasteiger partial charge in [-0.05, 0) is 37.9 Å². The number of nitrogens with zero attached hydrogens (tertiary/aromatic N) is 1. The van der Waals surface area contributed by atoms with E-state index in [0.717, 1.165) is 13.0 Å². The molecule has 0 aromatic carbocycles.